The van der Waals surface area contributed by atoms with Gasteiger partial charge in [0.1, 0.15) is 6.54 Å². The number of alkyl carbamates (subject to hydrolysis) is 1. The highest BCUT2D eigenvalue weighted by Crippen LogP contribution is 2.29. The van der Waals surface area contributed by atoms with E-state index in [0.29, 0.717) is 26.3 Å². The second kappa shape index (κ2) is 8.88. The van der Waals surface area contributed by atoms with E-state index in [9.17, 15) is 9.59 Å². The molecule has 1 fully saturated rings. The van der Waals surface area contributed by atoms with Crippen molar-refractivity contribution in [2.24, 2.45) is 0 Å². The van der Waals surface area contributed by atoms with Crippen molar-refractivity contribution in [2.75, 3.05) is 33.4 Å². The second-order valence-electron chi connectivity index (χ2n) is 6.75. The van der Waals surface area contributed by atoms with E-state index in [0.717, 1.165) is 22.5 Å². The van der Waals surface area contributed by atoms with Crippen molar-refractivity contribution < 1.29 is 19.1 Å². The summed E-state index contributed by atoms with van der Waals surface area (Å²) in [5.74, 6) is -0.173. The molecule has 1 atom stereocenters. The molecule has 1 unspecified atom stereocenters. The van der Waals surface area contributed by atoms with E-state index in [1.807, 2.05) is 36.7 Å². The molecule has 0 radical (unpaired) electrons. The van der Waals surface area contributed by atoms with Crippen molar-refractivity contribution in [3.05, 3.63) is 52.8 Å². The highest BCUT2D eigenvalue weighted by molar-refractivity contribution is 5.82. The summed E-state index contributed by atoms with van der Waals surface area (Å²) >= 11 is 0. The van der Waals surface area contributed by atoms with Crippen LogP contribution in [0.5, 0.6) is 0 Å². The predicted molar refractivity (Wildman–Crippen MR) is 103 cm³/mol. The van der Waals surface area contributed by atoms with Crippen molar-refractivity contribution in [1.29, 1.82) is 0 Å². The van der Waals surface area contributed by atoms with Crippen LogP contribution in [0.25, 0.3) is 0 Å². The third-order valence-corrected chi connectivity index (χ3v) is 4.96. The van der Waals surface area contributed by atoms with Crippen molar-refractivity contribution in [3.8, 4) is 0 Å². The molecule has 8 heteroatoms. The molecule has 1 aromatic heterocycles. The van der Waals surface area contributed by atoms with Gasteiger partial charge >= 0.3 is 6.09 Å². The third kappa shape index (κ3) is 4.33. The molecule has 0 bridgehead atoms. The fraction of sp³-hybridized carbons (Fsp3) is 0.450. The summed E-state index contributed by atoms with van der Waals surface area (Å²) < 4.78 is 12.2. The molecule has 0 spiro atoms. The van der Waals surface area contributed by atoms with E-state index in [1.54, 1.807) is 4.90 Å². The van der Waals surface area contributed by atoms with Crippen LogP contribution in [-0.2, 0) is 20.8 Å². The van der Waals surface area contributed by atoms with Crippen LogP contribution >= 0.6 is 0 Å². The number of rotatable bonds is 5. The van der Waals surface area contributed by atoms with Crippen LogP contribution in [0, 0.1) is 13.8 Å². The normalized spacial score (nSPS) is 16.7. The highest BCUT2D eigenvalue weighted by Gasteiger charge is 2.32. The number of carbonyl (C=O) groups is 2. The number of aromatic nitrogens is 2. The maximum absolute atomic E-state index is 12.7. The van der Waals surface area contributed by atoms with Crippen LogP contribution in [0.1, 0.15) is 28.6 Å². The summed E-state index contributed by atoms with van der Waals surface area (Å²) in [7, 11) is 1.27. The van der Waals surface area contributed by atoms with Gasteiger partial charge < -0.3 is 19.7 Å². The number of ether oxygens (including phenoxy) is 2. The second-order valence-corrected chi connectivity index (χ2v) is 6.75. The predicted octanol–water partition coefficient (Wildman–Crippen LogP) is 1.80. The molecule has 1 aliphatic heterocycles. The Hall–Kier alpha value is -2.87. The molecule has 2 amide bonds. The average molecular weight is 386 g/mol. The largest absolute Gasteiger partial charge is 0.453 e. The number of hydrogen-bond donors (Lipinski definition) is 1. The first kappa shape index (κ1) is 19.9. The Kier molecular flexibility index (Phi) is 6.30. The molecule has 1 aromatic carbocycles. The van der Waals surface area contributed by atoms with E-state index in [-0.39, 0.29) is 18.5 Å². The number of aryl methyl sites for hydroxylation is 1. The lowest BCUT2D eigenvalue weighted by Gasteiger charge is -2.36. The minimum atomic E-state index is -0.624. The molecule has 0 aliphatic carbocycles. The molecule has 150 valence electrons. The van der Waals surface area contributed by atoms with Gasteiger partial charge in [-0.25, -0.2) is 4.79 Å². The maximum Gasteiger partial charge on any atom is 0.407 e. The smallest absolute Gasteiger partial charge is 0.407 e. The minimum absolute atomic E-state index is 0.112. The summed E-state index contributed by atoms with van der Waals surface area (Å²) in [6.45, 7) is 5.86. The zero-order valence-electron chi connectivity index (χ0n) is 16.5. The molecule has 1 saturated heterocycles. The number of nitrogens with zero attached hydrogens (tertiary/aromatic N) is 3. The van der Waals surface area contributed by atoms with Crippen LogP contribution < -0.4 is 5.32 Å². The van der Waals surface area contributed by atoms with E-state index in [1.165, 1.54) is 7.11 Å². The molecule has 1 N–H and O–H groups in total. The number of methoxy groups -OCH3 is 1. The van der Waals surface area contributed by atoms with Gasteiger partial charge in [0.2, 0.25) is 5.91 Å². The van der Waals surface area contributed by atoms with Gasteiger partial charge in [-0.2, -0.15) is 5.10 Å². The fourth-order valence-corrected chi connectivity index (χ4v) is 3.57. The maximum atomic E-state index is 12.7. The Bertz CT molecular complexity index is 834. The monoisotopic (exact) mass is 386 g/mol. The first-order chi connectivity index (χ1) is 13.5. The standard InChI is InChI=1S/C20H26N4O4/c1-14-19(15(2)24(22-14)12-16-7-5-4-6-8-16)17-13-28-10-9-23(17)18(25)11-21-20(26)27-3/h4-8,17H,9-13H2,1-3H3,(H,21,26). The number of amides is 2. The van der Waals surface area contributed by atoms with Crippen LogP contribution in [0.15, 0.2) is 30.3 Å². The Balaban J connectivity index is 1.81. The Morgan fingerprint density at radius 1 is 1.29 bits per heavy atom. The summed E-state index contributed by atoms with van der Waals surface area (Å²) in [5.41, 5.74) is 4.05. The molecular weight excluding hydrogens is 360 g/mol. The van der Waals surface area contributed by atoms with Crippen molar-refractivity contribution in [1.82, 2.24) is 20.0 Å². The minimum Gasteiger partial charge on any atom is -0.453 e. The van der Waals surface area contributed by atoms with E-state index in [2.05, 4.69) is 22.2 Å². The summed E-state index contributed by atoms with van der Waals surface area (Å²) in [4.78, 5) is 25.7. The van der Waals surface area contributed by atoms with E-state index in [4.69, 9.17) is 9.84 Å². The molecule has 8 nitrogen and oxygen atoms in total. The first-order valence-corrected chi connectivity index (χ1v) is 9.28. The molecule has 28 heavy (non-hydrogen) atoms. The van der Waals surface area contributed by atoms with E-state index < -0.39 is 6.09 Å². The summed E-state index contributed by atoms with van der Waals surface area (Å²) in [5, 5.41) is 7.15. The number of nitrogens with one attached hydrogen (secondary N) is 1. The molecule has 3 rings (SSSR count). The van der Waals surface area contributed by atoms with Gasteiger partial charge in [0.15, 0.2) is 0 Å². The lowest BCUT2D eigenvalue weighted by Crippen LogP contribution is -2.47. The van der Waals surface area contributed by atoms with Crippen LogP contribution in [0.2, 0.25) is 0 Å². The van der Waals surface area contributed by atoms with E-state index >= 15 is 0 Å². The van der Waals surface area contributed by atoms with Gasteiger partial charge in [-0.1, -0.05) is 30.3 Å². The number of hydrogen-bond acceptors (Lipinski definition) is 5. The number of carbonyl (C=O) groups excluding carboxylic acids is 2. The number of morpholine rings is 1. The van der Waals surface area contributed by atoms with Crippen molar-refractivity contribution in [3.63, 3.8) is 0 Å². The fourth-order valence-electron chi connectivity index (χ4n) is 3.57. The van der Waals surface area contributed by atoms with Gasteiger partial charge in [-0.15, -0.1) is 0 Å². The molecule has 1 aliphatic rings. The average Bonchev–Trinajstić information content (AvgIpc) is 2.99. The van der Waals surface area contributed by atoms with Gasteiger partial charge in [-0.3, -0.25) is 9.48 Å². The zero-order valence-corrected chi connectivity index (χ0v) is 16.5. The topological polar surface area (TPSA) is 85.7 Å². The van der Waals surface area contributed by atoms with Crippen LogP contribution in [-0.4, -0.2) is 60.1 Å². The molecule has 2 heterocycles. The van der Waals surface area contributed by atoms with Gasteiger partial charge in [0.05, 0.1) is 38.6 Å². The number of benzene rings is 1. The zero-order chi connectivity index (χ0) is 20.1. The Morgan fingerprint density at radius 2 is 2.04 bits per heavy atom. The van der Waals surface area contributed by atoms with Crippen molar-refractivity contribution in [2.45, 2.75) is 26.4 Å². The summed E-state index contributed by atoms with van der Waals surface area (Å²) in [6.07, 6.45) is -0.624. The molecular formula is C20H26N4O4. The van der Waals surface area contributed by atoms with Gasteiger partial charge in [0, 0.05) is 17.8 Å². The third-order valence-electron chi connectivity index (χ3n) is 4.96. The lowest BCUT2D eigenvalue weighted by molar-refractivity contribution is -0.139. The molecule has 2 aromatic rings. The first-order valence-electron chi connectivity index (χ1n) is 9.28. The van der Waals surface area contributed by atoms with Gasteiger partial charge in [-0.05, 0) is 19.4 Å². The van der Waals surface area contributed by atoms with Crippen LogP contribution in [0.4, 0.5) is 4.79 Å². The lowest BCUT2D eigenvalue weighted by atomic mass is 10.0. The van der Waals surface area contributed by atoms with Crippen molar-refractivity contribution >= 4 is 12.0 Å². The Labute approximate surface area is 164 Å². The highest BCUT2D eigenvalue weighted by atomic mass is 16.5. The van der Waals surface area contributed by atoms with Gasteiger partial charge in [0.25, 0.3) is 0 Å². The van der Waals surface area contributed by atoms with Crippen LogP contribution in [0.3, 0.4) is 0 Å². The molecule has 0 saturated carbocycles. The quantitative estimate of drug-likeness (QED) is 0.847. The summed E-state index contributed by atoms with van der Waals surface area (Å²) in [6, 6.07) is 9.89. The SMILES string of the molecule is COC(=O)NCC(=O)N1CCOCC1c1c(C)nn(Cc2ccccc2)c1C. The Morgan fingerprint density at radius 3 is 2.75 bits per heavy atom.